The van der Waals surface area contributed by atoms with Crippen molar-refractivity contribution in [3.63, 3.8) is 0 Å². The number of para-hydroxylation sites is 1. The van der Waals surface area contributed by atoms with E-state index in [2.05, 4.69) is 26.2 Å². The molecule has 0 aliphatic carbocycles. The van der Waals surface area contributed by atoms with Crippen molar-refractivity contribution in [2.45, 2.75) is 13.5 Å². The van der Waals surface area contributed by atoms with Gasteiger partial charge in [0, 0.05) is 18.1 Å². The van der Waals surface area contributed by atoms with Crippen molar-refractivity contribution in [2.24, 2.45) is 0 Å². The lowest BCUT2D eigenvalue weighted by Crippen LogP contribution is -2.26. The summed E-state index contributed by atoms with van der Waals surface area (Å²) in [5.74, 6) is -0.158. The van der Waals surface area contributed by atoms with Crippen molar-refractivity contribution < 1.29 is 4.79 Å². The molecule has 1 amide bonds. The van der Waals surface area contributed by atoms with Crippen LogP contribution in [0.4, 0.5) is 0 Å². The minimum Gasteiger partial charge on any atom is -0.336 e. The summed E-state index contributed by atoms with van der Waals surface area (Å²) in [4.78, 5) is 14.2. The molecule has 0 aliphatic heterocycles. The zero-order chi connectivity index (χ0) is 17.1. The SMILES string of the molecule is Cc1ccc(CN(C)C(=O)c2cn(-c3ccccc3Br)nn2)cc1. The van der Waals surface area contributed by atoms with Crippen LogP contribution in [0.5, 0.6) is 0 Å². The quantitative estimate of drug-likeness (QED) is 0.690. The average molecular weight is 385 g/mol. The second-order valence-corrected chi connectivity index (χ2v) is 6.50. The molecule has 1 aromatic heterocycles. The highest BCUT2D eigenvalue weighted by Crippen LogP contribution is 2.19. The minimum absolute atomic E-state index is 0.158. The van der Waals surface area contributed by atoms with Crippen LogP contribution in [0.1, 0.15) is 21.6 Å². The Morgan fingerprint density at radius 1 is 1.17 bits per heavy atom. The maximum absolute atomic E-state index is 12.5. The van der Waals surface area contributed by atoms with Crippen molar-refractivity contribution in [1.29, 1.82) is 0 Å². The summed E-state index contributed by atoms with van der Waals surface area (Å²) < 4.78 is 2.48. The first-order valence-electron chi connectivity index (χ1n) is 7.53. The predicted molar refractivity (Wildman–Crippen MR) is 96.0 cm³/mol. The Kier molecular flexibility index (Phi) is 4.76. The predicted octanol–water partition coefficient (Wildman–Crippen LogP) is 3.61. The number of aromatic nitrogens is 3. The zero-order valence-electron chi connectivity index (χ0n) is 13.5. The number of hydrogen-bond donors (Lipinski definition) is 0. The van der Waals surface area contributed by atoms with E-state index in [9.17, 15) is 4.79 Å². The third-order valence-corrected chi connectivity index (χ3v) is 4.37. The van der Waals surface area contributed by atoms with Crippen LogP contribution in [0.3, 0.4) is 0 Å². The molecule has 0 aliphatic rings. The third-order valence-electron chi connectivity index (χ3n) is 3.70. The van der Waals surface area contributed by atoms with E-state index in [4.69, 9.17) is 0 Å². The van der Waals surface area contributed by atoms with Crippen LogP contribution >= 0.6 is 15.9 Å². The van der Waals surface area contributed by atoms with Gasteiger partial charge in [0.2, 0.25) is 0 Å². The minimum atomic E-state index is -0.158. The fourth-order valence-electron chi connectivity index (χ4n) is 2.35. The Morgan fingerprint density at radius 2 is 1.88 bits per heavy atom. The molecular formula is C18H17BrN4O. The summed E-state index contributed by atoms with van der Waals surface area (Å²) in [7, 11) is 1.76. The molecule has 122 valence electrons. The van der Waals surface area contributed by atoms with Gasteiger partial charge in [-0.1, -0.05) is 47.2 Å². The number of hydrogen-bond acceptors (Lipinski definition) is 3. The van der Waals surface area contributed by atoms with Gasteiger partial charge in [-0.2, -0.15) is 0 Å². The van der Waals surface area contributed by atoms with Crippen molar-refractivity contribution in [2.75, 3.05) is 7.05 Å². The van der Waals surface area contributed by atoms with Gasteiger partial charge in [-0.15, -0.1) is 5.10 Å². The molecule has 0 spiro atoms. The first kappa shape index (κ1) is 16.4. The number of rotatable bonds is 4. The maximum atomic E-state index is 12.5. The monoisotopic (exact) mass is 384 g/mol. The van der Waals surface area contributed by atoms with Crippen LogP contribution in [0.15, 0.2) is 59.2 Å². The molecule has 0 saturated heterocycles. The second kappa shape index (κ2) is 6.97. The van der Waals surface area contributed by atoms with E-state index in [0.717, 1.165) is 15.7 Å². The first-order valence-corrected chi connectivity index (χ1v) is 8.32. The summed E-state index contributed by atoms with van der Waals surface area (Å²) in [5, 5.41) is 8.07. The molecular weight excluding hydrogens is 368 g/mol. The van der Waals surface area contributed by atoms with Gasteiger partial charge >= 0.3 is 0 Å². The van der Waals surface area contributed by atoms with Crippen LogP contribution in [-0.4, -0.2) is 32.8 Å². The highest BCUT2D eigenvalue weighted by atomic mass is 79.9. The fraction of sp³-hybridized carbons (Fsp3) is 0.167. The Labute approximate surface area is 149 Å². The van der Waals surface area contributed by atoms with E-state index < -0.39 is 0 Å². The number of benzene rings is 2. The molecule has 0 bridgehead atoms. The molecule has 2 aromatic carbocycles. The Balaban J connectivity index is 1.76. The molecule has 3 aromatic rings. The lowest BCUT2D eigenvalue weighted by molar-refractivity contribution is 0.0779. The van der Waals surface area contributed by atoms with Crippen molar-refractivity contribution in [3.05, 3.63) is 76.0 Å². The number of aryl methyl sites for hydroxylation is 1. The van der Waals surface area contributed by atoms with Crippen molar-refractivity contribution in [1.82, 2.24) is 19.9 Å². The van der Waals surface area contributed by atoms with Crippen LogP contribution in [0.2, 0.25) is 0 Å². The van der Waals surface area contributed by atoms with Crippen LogP contribution in [-0.2, 0) is 6.54 Å². The van der Waals surface area contributed by atoms with E-state index in [0.29, 0.717) is 12.2 Å². The maximum Gasteiger partial charge on any atom is 0.276 e. The standard InChI is InChI=1S/C18H17BrN4O/c1-13-7-9-14(10-8-13)11-22(2)18(24)16-12-23(21-20-16)17-6-4-3-5-15(17)19/h3-10,12H,11H2,1-2H3. The summed E-state index contributed by atoms with van der Waals surface area (Å²) in [6.07, 6.45) is 1.65. The van der Waals surface area contributed by atoms with Gasteiger partial charge in [-0.3, -0.25) is 4.79 Å². The van der Waals surface area contributed by atoms with Crippen LogP contribution in [0.25, 0.3) is 5.69 Å². The lowest BCUT2D eigenvalue weighted by Gasteiger charge is -2.15. The molecule has 0 N–H and O–H groups in total. The van der Waals surface area contributed by atoms with Crippen molar-refractivity contribution in [3.8, 4) is 5.69 Å². The molecule has 6 heteroatoms. The highest BCUT2D eigenvalue weighted by Gasteiger charge is 2.17. The second-order valence-electron chi connectivity index (χ2n) is 5.65. The molecule has 0 atom stereocenters. The lowest BCUT2D eigenvalue weighted by atomic mass is 10.1. The Bertz CT molecular complexity index is 857. The summed E-state index contributed by atoms with van der Waals surface area (Å²) in [5.41, 5.74) is 3.43. The zero-order valence-corrected chi connectivity index (χ0v) is 15.1. The highest BCUT2D eigenvalue weighted by molar-refractivity contribution is 9.10. The van der Waals surface area contributed by atoms with Gasteiger partial charge in [0.1, 0.15) is 0 Å². The Morgan fingerprint density at radius 3 is 2.58 bits per heavy atom. The largest absolute Gasteiger partial charge is 0.336 e. The van der Waals surface area contributed by atoms with Gasteiger partial charge in [0.05, 0.1) is 11.9 Å². The van der Waals surface area contributed by atoms with Gasteiger partial charge in [0.25, 0.3) is 5.91 Å². The van der Waals surface area contributed by atoms with E-state index in [1.165, 1.54) is 5.56 Å². The molecule has 24 heavy (non-hydrogen) atoms. The number of nitrogens with zero attached hydrogens (tertiary/aromatic N) is 4. The molecule has 0 radical (unpaired) electrons. The molecule has 3 rings (SSSR count). The van der Waals surface area contributed by atoms with Crippen LogP contribution < -0.4 is 0 Å². The molecule has 0 saturated carbocycles. The molecule has 5 nitrogen and oxygen atoms in total. The van der Waals surface area contributed by atoms with Crippen molar-refractivity contribution >= 4 is 21.8 Å². The van der Waals surface area contributed by atoms with Crippen LogP contribution in [0, 0.1) is 6.92 Å². The summed E-state index contributed by atoms with van der Waals surface area (Å²) in [6, 6.07) is 15.8. The summed E-state index contributed by atoms with van der Waals surface area (Å²) in [6.45, 7) is 2.57. The van der Waals surface area contributed by atoms with E-state index in [1.807, 2.05) is 55.5 Å². The normalized spacial score (nSPS) is 10.6. The van der Waals surface area contributed by atoms with E-state index in [1.54, 1.807) is 22.8 Å². The first-order chi connectivity index (χ1) is 11.5. The molecule has 0 unspecified atom stereocenters. The van der Waals surface area contributed by atoms with Gasteiger partial charge < -0.3 is 4.90 Å². The average Bonchev–Trinajstić information content (AvgIpc) is 3.06. The topological polar surface area (TPSA) is 51.0 Å². The fourth-order valence-corrected chi connectivity index (χ4v) is 2.82. The van der Waals surface area contributed by atoms with Gasteiger partial charge in [0.15, 0.2) is 5.69 Å². The van der Waals surface area contributed by atoms with E-state index >= 15 is 0 Å². The molecule has 1 heterocycles. The number of carbonyl (C=O) groups excluding carboxylic acids is 1. The molecule has 0 fully saturated rings. The summed E-state index contributed by atoms with van der Waals surface area (Å²) >= 11 is 3.47. The number of carbonyl (C=O) groups is 1. The number of halogens is 1. The van der Waals surface area contributed by atoms with Gasteiger partial charge in [-0.05, 0) is 40.5 Å². The Hall–Kier alpha value is -2.47. The van der Waals surface area contributed by atoms with E-state index in [-0.39, 0.29) is 5.91 Å². The smallest absolute Gasteiger partial charge is 0.276 e. The third kappa shape index (κ3) is 3.54. The van der Waals surface area contributed by atoms with Gasteiger partial charge in [-0.25, -0.2) is 4.68 Å². The number of amides is 1.